The highest BCUT2D eigenvalue weighted by Crippen LogP contribution is 2.27. The highest BCUT2D eigenvalue weighted by Gasteiger charge is 2.10. The average Bonchev–Trinajstić information content (AvgIpc) is 3.26. The van der Waals surface area contributed by atoms with Gasteiger partial charge in [-0.05, 0) is 34.5 Å². The van der Waals surface area contributed by atoms with Crippen LogP contribution < -0.4 is 5.32 Å². The molecule has 4 nitrogen and oxygen atoms in total. The van der Waals surface area contributed by atoms with Crippen LogP contribution in [0.5, 0.6) is 0 Å². The van der Waals surface area contributed by atoms with Crippen LogP contribution in [0.1, 0.15) is 5.56 Å². The molecule has 0 aliphatic heterocycles. The number of aromatic nitrogens is 3. The minimum atomic E-state index is -0.229. The quantitative estimate of drug-likeness (QED) is 0.460. The third-order valence-electron chi connectivity index (χ3n) is 4.45. The Labute approximate surface area is 158 Å². The normalized spacial score (nSPS) is 11.3. The Morgan fingerprint density at radius 3 is 2.59 bits per heavy atom. The maximum atomic E-state index is 13.0. The number of hydrogen-bond acceptors (Lipinski definition) is 4. The average molecular weight is 374 g/mol. The number of nitrogens with zero attached hydrogens (tertiary/aromatic N) is 3. The molecule has 0 spiro atoms. The van der Waals surface area contributed by atoms with Gasteiger partial charge in [0.2, 0.25) is 10.1 Å². The molecule has 27 heavy (non-hydrogen) atoms. The van der Waals surface area contributed by atoms with Crippen molar-refractivity contribution in [3.8, 4) is 11.3 Å². The molecule has 0 fully saturated rings. The molecule has 0 unspecified atom stereocenters. The summed E-state index contributed by atoms with van der Waals surface area (Å²) in [5.41, 5.74) is 2.98. The molecule has 1 N–H and O–H groups in total. The van der Waals surface area contributed by atoms with Gasteiger partial charge in [-0.1, -0.05) is 59.9 Å². The van der Waals surface area contributed by atoms with E-state index in [4.69, 9.17) is 4.98 Å². The van der Waals surface area contributed by atoms with E-state index in [2.05, 4.69) is 40.7 Å². The second kappa shape index (κ2) is 6.48. The number of anilines is 1. The van der Waals surface area contributed by atoms with Crippen molar-refractivity contribution in [3.63, 3.8) is 0 Å². The third-order valence-corrected chi connectivity index (χ3v) is 5.33. The highest BCUT2D eigenvalue weighted by molar-refractivity contribution is 7.20. The maximum absolute atomic E-state index is 13.0. The fourth-order valence-electron chi connectivity index (χ4n) is 3.04. The van der Waals surface area contributed by atoms with Gasteiger partial charge in [-0.3, -0.25) is 0 Å². The first-order chi connectivity index (χ1) is 13.2. The minimum Gasteiger partial charge on any atom is -0.356 e. The van der Waals surface area contributed by atoms with E-state index >= 15 is 0 Å². The molecule has 3 aromatic carbocycles. The Hall–Kier alpha value is -3.25. The number of hydrogen-bond donors (Lipinski definition) is 1. The summed E-state index contributed by atoms with van der Waals surface area (Å²) in [7, 11) is 0. The summed E-state index contributed by atoms with van der Waals surface area (Å²) in [5, 5.41) is 11.0. The zero-order valence-corrected chi connectivity index (χ0v) is 15.1. The van der Waals surface area contributed by atoms with Crippen LogP contribution in [0, 0.1) is 5.82 Å². The lowest BCUT2D eigenvalue weighted by molar-refractivity contribution is 0.627. The molecule has 5 rings (SSSR count). The van der Waals surface area contributed by atoms with E-state index in [1.54, 1.807) is 16.6 Å². The first-order valence-corrected chi connectivity index (χ1v) is 9.40. The van der Waals surface area contributed by atoms with Crippen LogP contribution >= 0.6 is 11.3 Å². The van der Waals surface area contributed by atoms with Gasteiger partial charge in [0.1, 0.15) is 5.82 Å². The number of imidazole rings is 1. The van der Waals surface area contributed by atoms with Crippen LogP contribution in [0.4, 0.5) is 9.52 Å². The molecule has 2 aromatic heterocycles. The van der Waals surface area contributed by atoms with Crippen molar-refractivity contribution >= 4 is 32.2 Å². The third kappa shape index (κ3) is 3.15. The second-order valence-electron chi connectivity index (χ2n) is 6.30. The van der Waals surface area contributed by atoms with Crippen molar-refractivity contribution in [2.24, 2.45) is 0 Å². The van der Waals surface area contributed by atoms with Gasteiger partial charge in [0.15, 0.2) is 0 Å². The van der Waals surface area contributed by atoms with E-state index in [-0.39, 0.29) is 5.82 Å². The Balaban J connectivity index is 1.38. The summed E-state index contributed by atoms with van der Waals surface area (Å²) in [6, 6.07) is 21.1. The highest BCUT2D eigenvalue weighted by atomic mass is 32.1. The molecular weight excluding hydrogens is 359 g/mol. The first-order valence-electron chi connectivity index (χ1n) is 8.58. The number of fused-ring (bicyclic) bond motifs is 2. The van der Waals surface area contributed by atoms with Gasteiger partial charge in [-0.2, -0.15) is 0 Å². The van der Waals surface area contributed by atoms with Gasteiger partial charge < -0.3 is 5.32 Å². The zero-order chi connectivity index (χ0) is 18.2. The minimum absolute atomic E-state index is 0.229. The van der Waals surface area contributed by atoms with Gasteiger partial charge in [-0.15, -0.1) is 5.10 Å². The van der Waals surface area contributed by atoms with Crippen molar-refractivity contribution in [1.82, 2.24) is 14.6 Å². The van der Waals surface area contributed by atoms with E-state index < -0.39 is 0 Å². The van der Waals surface area contributed by atoms with E-state index in [0.717, 1.165) is 26.9 Å². The van der Waals surface area contributed by atoms with E-state index in [1.807, 2.05) is 18.3 Å². The van der Waals surface area contributed by atoms with Gasteiger partial charge in [0.25, 0.3) is 0 Å². The molecule has 0 aliphatic carbocycles. The predicted molar refractivity (Wildman–Crippen MR) is 108 cm³/mol. The van der Waals surface area contributed by atoms with Crippen molar-refractivity contribution in [2.45, 2.75) is 6.54 Å². The van der Waals surface area contributed by atoms with E-state index in [0.29, 0.717) is 6.54 Å². The molecule has 0 radical (unpaired) electrons. The summed E-state index contributed by atoms with van der Waals surface area (Å²) in [6.45, 7) is 0.592. The molecule has 0 aliphatic rings. The number of rotatable bonds is 4. The first kappa shape index (κ1) is 16.0. The molecule has 0 saturated heterocycles. The van der Waals surface area contributed by atoms with Crippen LogP contribution in [-0.4, -0.2) is 14.6 Å². The van der Waals surface area contributed by atoms with Crippen LogP contribution in [0.15, 0.2) is 72.9 Å². The van der Waals surface area contributed by atoms with Crippen molar-refractivity contribution in [2.75, 3.05) is 5.32 Å². The lowest BCUT2D eigenvalue weighted by Crippen LogP contribution is -1.99. The Morgan fingerprint density at radius 1 is 0.963 bits per heavy atom. The van der Waals surface area contributed by atoms with Crippen molar-refractivity contribution in [1.29, 1.82) is 0 Å². The van der Waals surface area contributed by atoms with Gasteiger partial charge >= 0.3 is 0 Å². The second-order valence-corrected chi connectivity index (χ2v) is 7.26. The van der Waals surface area contributed by atoms with Crippen LogP contribution in [-0.2, 0) is 6.54 Å². The fraction of sp³-hybridized carbons (Fsp3) is 0.0476. The molecule has 0 saturated carbocycles. The largest absolute Gasteiger partial charge is 0.356 e. The summed E-state index contributed by atoms with van der Waals surface area (Å²) in [6.07, 6.45) is 1.94. The Morgan fingerprint density at radius 2 is 1.78 bits per heavy atom. The monoisotopic (exact) mass is 374 g/mol. The van der Waals surface area contributed by atoms with Crippen molar-refractivity contribution < 1.29 is 4.39 Å². The maximum Gasteiger partial charge on any atom is 0.214 e. The SMILES string of the molecule is Fc1ccc(CNc2nn3cc(-c4ccc5ccccc5c4)nc3s2)cc1. The molecule has 0 bridgehead atoms. The van der Waals surface area contributed by atoms with Gasteiger partial charge in [0, 0.05) is 12.1 Å². The number of benzene rings is 3. The lowest BCUT2D eigenvalue weighted by atomic mass is 10.1. The summed E-state index contributed by atoms with van der Waals surface area (Å²) >= 11 is 1.49. The van der Waals surface area contributed by atoms with Gasteiger partial charge in [-0.25, -0.2) is 13.9 Å². The number of halogens is 1. The van der Waals surface area contributed by atoms with E-state index in [1.165, 1.54) is 34.2 Å². The molecular formula is C21H15FN4S. The molecule has 132 valence electrons. The Kier molecular flexibility index (Phi) is 3.83. The zero-order valence-electron chi connectivity index (χ0n) is 14.3. The van der Waals surface area contributed by atoms with Crippen LogP contribution in [0.25, 0.3) is 27.0 Å². The summed E-state index contributed by atoms with van der Waals surface area (Å²) in [5.74, 6) is -0.229. The molecule has 0 amide bonds. The van der Waals surface area contributed by atoms with Crippen LogP contribution in [0.3, 0.4) is 0 Å². The predicted octanol–water partition coefficient (Wildman–Crippen LogP) is 5.36. The van der Waals surface area contributed by atoms with Crippen LogP contribution in [0.2, 0.25) is 0 Å². The molecule has 6 heteroatoms. The summed E-state index contributed by atoms with van der Waals surface area (Å²) < 4.78 is 14.8. The van der Waals surface area contributed by atoms with Gasteiger partial charge in [0.05, 0.1) is 11.9 Å². The fourth-order valence-corrected chi connectivity index (χ4v) is 3.82. The number of nitrogens with one attached hydrogen (secondary N) is 1. The summed E-state index contributed by atoms with van der Waals surface area (Å²) in [4.78, 5) is 5.54. The standard InChI is InChI=1S/C21H15FN4S/c22-18-9-5-14(6-10-18)12-23-20-25-26-13-19(24-21(26)27-20)17-8-7-15-3-1-2-4-16(15)11-17/h1-11,13H,12H2,(H,23,25). The molecule has 5 aromatic rings. The molecule has 2 heterocycles. The molecule has 0 atom stereocenters. The van der Waals surface area contributed by atoms with E-state index in [9.17, 15) is 4.39 Å². The van der Waals surface area contributed by atoms with Crippen molar-refractivity contribution in [3.05, 3.63) is 84.3 Å². The Bertz CT molecular complexity index is 1210. The lowest BCUT2D eigenvalue weighted by Gasteiger charge is -2.02. The smallest absolute Gasteiger partial charge is 0.214 e. The topological polar surface area (TPSA) is 42.2 Å².